The molecule has 2 aromatic rings. The van der Waals surface area contributed by atoms with Crippen molar-refractivity contribution in [1.82, 2.24) is 9.78 Å². The van der Waals surface area contributed by atoms with Gasteiger partial charge in [-0.2, -0.15) is 0 Å². The molecule has 0 saturated carbocycles. The summed E-state index contributed by atoms with van der Waals surface area (Å²) in [5.41, 5.74) is 4.28. The van der Waals surface area contributed by atoms with Gasteiger partial charge in [-0.1, -0.05) is 50.6 Å². The highest BCUT2D eigenvalue weighted by Crippen LogP contribution is 2.20. The van der Waals surface area contributed by atoms with Gasteiger partial charge in [0.1, 0.15) is 0 Å². The second-order valence-electron chi connectivity index (χ2n) is 5.49. The van der Waals surface area contributed by atoms with Crippen molar-refractivity contribution in [3.8, 4) is 11.3 Å². The molecule has 3 nitrogen and oxygen atoms in total. The van der Waals surface area contributed by atoms with Gasteiger partial charge >= 0.3 is 0 Å². The molecule has 0 saturated heterocycles. The fourth-order valence-electron chi connectivity index (χ4n) is 2.30. The van der Waals surface area contributed by atoms with E-state index in [0.717, 1.165) is 29.8 Å². The predicted molar refractivity (Wildman–Crippen MR) is 79.4 cm³/mol. The highest BCUT2D eigenvalue weighted by atomic mass is 16.1. The largest absolute Gasteiger partial charge is 0.295 e. The van der Waals surface area contributed by atoms with E-state index in [-0.39, 0.29) is 5.56 Å². The van der Waals surface area contributed by atoms with Crippen molar-refractivity contribution in [3.05, 3.63) is 45.7 Å². The van der Waals surface area contributed by atoms with Crippen LogP contribution in [-0.4, -0.2) is 9.78 Å². The molecule has 19 heavy (non-hydrogen) atoms. The van der Waals surface area contributed by atoms with Gasteiger partial charge in [-0.15, -0.1) is 0 Å². The van der Waals surface area contributed by atoms with Crippen LogP contribution < -0.4 is 5.56 Å². The zero-order chi connectivity index (χ0) is 14.0. The summed E-state index contributed by atoms with van der Waals surface area (Å²) in [5.74, 6) is 0.451. The van der Waals surface area contributed by atoms with E-state index in [1.165, 1.54) is 5.56 Å². The van der Waals surface area contributed by atoms with Crippen molar-refractivity contribution in [2.45, 2.75) is 40.7 Å². The lowest BCUT2D eigenvalue weighted by Crippen LogP contribution is -2.21. The van der Waals surface area contributed by atoms with Gasteiger partial charge < -0.3 is 0 Å². The standard InChI is InChI=1S/C16H22N2O/c1-5-14-15(13-8-6-12(4)7-9-13)17-18(16(14)19)10-11(2)3/h6-9,11,17H,5,10H2,1-4H3. The van der Waals surface area contributed by atoms with Gasteiger partial charge in [-0.25, -0.2) is 0 Å². The molecule has 0 unspecified atom stereocenters. The van der Waals surface area contributed by atoms with E-state index in [1.54, 1.807) is 4.68 Å². The Morgan fingerprint density at radius 2 is 1.84 bits per heavy atom. The lowest BCUT2D eigenvalue weighted by atomic mass is 10.1. The Morgan fingerprint density at radius 3 is 2.37 bits per heavy atom. The van der Waals surface area contributed by atoms with Crippen LogP contribution in [-0.2, 0) is 13.0 Å². The number of benzene rings is 1. The number of nitrogens with one attached hydrogen (secondary N) is 1. The molecule has 0 aliphatic carbocycles. The van der Waals surface area contributed by atoms with Crippen molar-refractivity contribution in [3.63, 3.8) is 0 Å². The molecule has 2 rings (SSSR count). The van der Waals surface area contributed by atoms with Crippen molar-refractivity contribution in [2.75, 3.05) is 0 Å². The fourth-order valence-corrected chi connectivity index (χ4v) is 2.30. The number of nitrogens with zero attached hydrogens (tertiary/aromatic N) is 1. The van der Waals surface area contributed by atoms with Crippen molar-refractivity contribution in [1.29, 1.82) is 0 Å². The van der Waals surface area contributed by atoms with E-state index < -0.39 is 0 Å². The van der Waals surface area contributed by atoms with Crippen molar-refractivity contribution >= 4 is 0 Å². The van der Waals surface area contributed by atoms with Gasteiger partial charge in [-0.3, -0.25) is 14.6 Å². The maximum atomic E-state index is 12.3. The first kappa shape index (κ1) is 13.7. The van der Waals surface area contributed by atoms with E-state index in [2.05, 4.69) is 50.1 Å². The summed E-state index contributed by atoms with van der Waals surface area (Å²) in [7, 11) is 0. The Morgan fingerprint density at radius 1 is 1.21 bits per heavy atom. The molecule has 0 spiro atoms. The quantitative estimate of drug-likeness (QED) is 0.897. The zero-order valence-corrected chi connectivity index (χ0v) is 12.2. The van der Waals surface area contributed by atoms with E-state index in [4.69, 9.17) is 0 Å². The van der Waals surface area contributed by atoms with Crippen LogP contribution in [0.4, 0.5) is 0 Å². The van der Waals surface area contributed by atoms with Crippen molar-refractivity contribution < 1.29 is 0 Å². The molecule has 1 aromatic heterocycles. The Bertz CT molecular complexity index is 603. The molecule has 0 aliphatic rings. The van der Waals surface area contributed by atoms with Crippen LogP contribution >= 0.6 is 0 Å². The Labute approximate surface area is 114 Å². The smallest absolute Gasteiger partial charge is 0.270 e. The average molecular weight is 258 g/mol. The average Bonchev–Trinajstić information content (AvgIpc) is 2.66. The van der Waals surface area contributed by atoms with E-state index in [1.807, 2.05) is 6.92 Å². The van der Waals surface area contributed by atoms with E-state index in [0.29, 0.717) is 5.92 Å². The molecule has 102 valence electrons. The number of aromatic nitrogens is 2. The topological polar surface area (TPSA) is 37.8 Å². The summed E-state index contributed by atoms with van der Waals surface area (Å²) < 4.78 is 1.73. The number of hydrogen-bond acceptors (Lipinski definition) is 1. The molecule has 1 aromatic carbocycles. The van der Waals surface area contributed by atoms with Crippen LogP contribution in [0.15, 0.2) is 29.1 Å². The lowest BCUT2D eigenvalue weighted by Gasteiger charge is -2.05. The third-order valence-electron chi connectivity index (χ3n) is 3.29. The number of aromatic amines is 1. The first-order valence-electron chi connectivity index (χ1n) is 6.91. The Hall–Kier alpha value is -1.77. The summed E-state index contributed by atoms with van der Waals surface area (Å²) in [4.78, 5) is 12.3. The van der Waals surface area contributed by atoms with Crippen LogP contribution in [0.1, 0.15) is 31.9 Å². The van der Waals surface area contributed by atoms with Gasteiger partial charge in [0.2, 0.25) is 0 Å². The van der Waals surface area contributed by atoms with Crippen molar-refractivity contribution in [2.24, 2.45) is 5.92 Å². The zero-order valence-electron chi connectivity index (χ0n) is 12.2. The number of H-pyrrole nitrogens is 1. The molecular formula is C16H22N2O. The first-order valence-corrected chi connectivity index (χ1v) is 6.91. The molecule has 3 heteroatoms. The molecule has 1 heterocycles. The minimum Gasteiger partial charge on any atom is -0.295 e. The maximum absolute atomic E-state index is 12.3. The summed E-state index contributed by atoms with van der Waals surface area (Å²) in [6.45, 7) is 9.06. The van der Waals surface area contributed by atoms with Crippen LogP contribution in [0.25, 0.3) is 11.3 Å². The highest BCUT2D eigenvalue weighted by Gasteiger charge is 2.14. The van der Waals surface area contributed by atoms with Crippen LogP contribution in [0.3, 0.4) is 0 Å². The summed E-state index contributed by atoms with van der Waals surface area (Å²) in [6, 6.07) is 8.29. The summed E-state index contributed by atoms with van der Waals surface area (Å²) in [5, 5.41) is 3.27. The first-order chi connectivity index (χ1) is 9.02. The second kappa shape index (κ2) is 5.47. The second-order valence-corrected chi connectivity index (χ2v) is 5.49. The van der Waals surface area contributed by atoms with Crippen LogP contribution in [0.2, 0.25) is 0 Å². The molecule has 0 aliphatic heterocycles. The molecule has 0 atom stereocenters. The van der Waals surface area contributed by atoms with Gasteiger partial charge in [0.15, 0.2) is 0 Å². The minimum absolute atomic E-state index is 0.117. The lowest BCUT2D eigenvalue weighted by molar-refractivity contribution is 0.473. The van der Waals surface area contributed by atoms with E-state index >= 15 is 0 Å². The Kier molecular flexibility index (Phi) is 3.93. The normalized spacial score (nSPS) is 11.2. The summed E-state index contributed by atoms with van der Waals surface area (Å²) >= 11 is 0. The van der Waals surface area contributed by atoms with E-state index in [9.17, 15) is 4.79 Å². The highest BCUT2D eigenvalue weighted by molar-refractivity contribution is 5.63. The minimum atomic E-state index is 0.117. The Balaban J connectivity index is 2.50. The third-order valence-corrected chi connectivity index (χ3v) is 3.29. The van der Waals surface area contributed by atoms with Gasteiger partial charge in [-0.05, 0) is 24.8 Å². The number of hydrogen-bond donors (Lipinski definition) is 1. The number of rotatable bonds is 4. The van der Waals surface area contributed by atoms with Gasteiger partial charge in [0.05, 0.1) is 5.69 Å². The van der Waals surface area contributed by atoms with Crippen LogP contribution in [0, 0.1) is 12.8 Å². The molecule has 0 fully saturated rings. The number of aryl methyl sites for hydroxylation is 1. The summed E-state index contributed by atoms with van der Waals surface area (Å²) in [6.07, 6.45) is 0.754. The van der Waals surface area contributed by atoms with Gasteiger partial charge in [0.25, 0.3) is 5.56 Å². The third kappa shape index (κ3) is 2.80. The molecule has 1 N–H and O–H groups in total. The van der Waals surface area contributed by atoms with Crippen LogP contribution in [0.5, 0.6) is 0 Å². The molecule has 0 bridgehead atoms. The molecule has 0 amide bonds. The molecule has 0 radical (unpaired) electrons. The predicted octanol–water partition coefficient (Wildman–Crippen LogP) is 3.37. The maximum Gasteiger partial charge on any atom is 0.270 e. The SMILES string of the molecule is CCc1c(-c2ccc(C)cc2)[nH]n(CC(C)C)c1=O. The molecular weight excluding hydrogens is 236 g/mol. The monoisotopic (exact) mass is 258 g/mol. The fraction of sp³-hybridized carbons (Fsp3) is 0.438. The van der Waals surface area contributed by atoms with Gasteiger partial charge in [0, 0.05) is 12.1 Å².